The van der Waals surface area contributed by atoms with Gasteiger partial charge in [-0.25, -0.2) is 4.79 Å². The largest absolute Gasteiger partial charge is 0.462 e. The molecule has 132 valence electrons. The lowest BCUT2D eigenvalue weighted by atomic mass is 10.1. The zero-order valence-corrected chi connectivity index (χ0v) is 14.9. The van der Waals surface area contributed by atoms with Crippen molar-refractivity contribution in [2.75, 3.05) is 11.9 Å². The minimum absolute atomic E-state index is 0.171. The first kappa shape index (κ1) is 18.7. The fraction of sp³-hybridized carbons (Fsp3) is 0.333. The number of aryl methyl sites for hydroxylation is 1. The molecule has 0 atom stereocenters. The molecule has 2 aromatic carbocycles. The molecule has 0 aliphatic carbocycles. The molecular formula is C21H25NO3. The van der Waals surface area contributed by atoms with Gasteiger partial charge in [-0.2, -0.15) is 0 Å². The molecule has 0 aliphatic heterocycles. The van der Waals surface area contributed by atoms with Gasteiger partial charge in [-0.3, -0.25) is 4.79 Å². The second-order valence-corrected chi connectivity index (χ2v) is 6.10. The van der Waals surface area contributed by atoms with Crippen molar-refractivity contribution in [1.82, 2.24) is 0 Å². The molecule has 0 aromatic heterocycles. The number of carbonyl (C=O) groups excluding carboxylic acids is 2. The summed E-state index contributed by atoms with van der Waals surface area (Å²) in [4.78, 5) is 24.2. The standard InChI is InChI=1S/C21H25NO3/c1-3-4-5-6-14-25-21(24)17-10-12-19(13-11-17)22-20(23)18-9-7-8-16(2)15-18/h7-13,15H,3-6,14H2,1-2H3,(H,22,23). The summed E-state index contributed by atoms with van der Waals surface area (Å²) in [7, 11) is 0. The Balaban J connectivity index is 1.86. The Morgan fingerprint density at radius 2 is 1.72 bits per heavy atom. The highest BCUT2D eigenvalue weighted by Crippen LogP contribution is 2.13. The van der Waals surface area contributed by atoms with Gasteiger partial charge in [0.05, 0.1) is 12.2 Å². The predicted octanol–water partition coefficient (Wildman–Crippen LogP) is 4.98. The van der Waals surface area contributed by atoms with Crippen LogP contribution in [0.2, 0.25) is 0 Å². The molecule has 2 aromatic rings. The summed E-state index contributed by atoms with van der Waals surface area (Å²) in [5.74, 6) is -0.497. The molecule has 4 nitrogen and oxygen atoms in total. The molecule has 0 bridgehead atoms. The maximum atomic E-state index is 12.2. The number of benzene rings is 2. The molecule has 0 radical (unpaired) electrons. The van der Waals surface area contributed by atoms with E-state index in [1.807, 2.05) is 25.1 Å². The van der Waals surface area contributed by atoms with Crippen LogP contribution in [0.5, 0.6) is 0 Å². The number of ether oxygens (including phenoxy) is 1. The number of hydrogen-bond acceptors (Lipinski definition) is 3. The molecular weight excluding hydrogens is 314 g/mol. The van der Waals surface area contributed by atoms with E-state index in [1.165, 1.54) is 0 Å². The molecule has 0 spiro atoms. The Kier molecular flexibility index (Phi) is 7.20. The van der Waals surface area contributed by atoms with Gasteiger partial charge in [0, 0.05) is 11.3 Å². The molecule has 0 saturated heterocycles. The van der Waals surface area contributed by atoms with Crippen LogP contribution in [0.3, 0.4) is 0 Å². The van der Waals surface area contributed by atoms with E-state index in [2.05, 4.69) is 12.2 Å². The van der Waals surface area contributed by atoms with E-state index in [4.69, 9.17) is 4.74 Å². The van der Waals surface area contributed by atoms with Gasteiger partial charge in [-0.05, 0) is 49.7 Å². The number of nitrogens with one attached hydrogen (secondary N) is 1. The topological polar surface area (TPSA) is 55.4 Å². The zero-order chi connectivity index (χ0) is 18.1. The van der Waals surface area contributed by atoms with Gasteiger partial charge in [0.1, 0.15) is 0 Å². The molecule has 2 rings (SSSR count). The van der Waals surface area contributed by atoms with Crippen LogP contribution in [0.4, 0.5) is 5.69 Å². The van der Waals surface area contributed by atoms with E-state index in [-0.39, 0.29) is 11.9 Å². The van der Waals surface area contributed by atoms with Gasteiger partial charge < -0.3 is 10.1 Å². The first-order valence-electron chi connectivity index (χ1n) is 8.75. The molecule has 1 N–H and O–H groups in total. The number of amides is 1. The van der Waals surface area contributed by atoms with Crippen molar-refractivity contribution in [3.05, 3.63) is 65.2 Å². The minimum Gasteiger partial charge on any atom is -0.462 e. The average Bonchev–Trinajstić information content (AvgIpc) is 2.62. The van der Waals surface area contributed by atoms with Crippen molar-refractivity contribution >= 4 is 17.6 Å². The predicted molar refractivity (Wildman–Crippen MR) is 100.0 cm³/mol. The summed E-state index contributed by atoms with van der Waals surface area (Å²) < 4.78 is 5.25. The Morgan fingerprint density at radius 3 is 2.40 bits per heavy atom. The van der Waals surface area contributed by atoms with Crippen LogP contribution in [0.15, 0.2) is 48.5 Å². The molecule has 0 fully saturated rings. The number of esters is 1. The third-order valence-corrected chi connectivity index (χ3v) is 3.89. The number of anilines is 1. The normalized spacial score (nSPS) is 10.3. The van der Waals surface area contributed by atoms with E-state index >= 15 is 0 Å². The van der Waals surface area contributed by atoms with Crippen LogP contribution in [0.25, 0.3) is 0 Å². The summed E-state index contributed by atoms with van der Waals surface area (Å²) in [6, 6.07) is 14.2. The van der Waals surface area contributed by atoms with Crippen LogP contribution < -0.4 is 5.32 Å². The van der Waals surface area contributed by atoms with Crippen molar-refractivity contribution in [3.63, 3.8) is 0 Å². The van der Waals surface area contributed by atoms with Gasteiger partial charge in [-0.15, -0.1) is 0 Å². The van der Waals surface area contributed by atoms with E-state index in [9.17, 15) is 9.59 Å². The van der Waals surface area contributed by atoms with Crippen LogP contribution in [-0.2, 0) is 4.74 Å². The SMILES string of the molecule is CCCCCCOC(=O)c1ccc(NC(=O)c2cccc(C)c2)cc1. The fourth-order valence-corrected chi connectivity index (χ4v) is 2.46. The summed E-state index contributed by atoms with van der Waals surface area (Å²) in [6.45, 7) is 4.54. The Bertz CT molecular complexity index is 707. The van der Waals surface area contributed by atoms with Crippen LogP contribution in [0, 0.1) is 6.92 Å². The smallest absolute Gasteiger partial charge is 0.338 e. The second-order valence-electron chi connectivity index (χ2n) is 6.10. The van der Waals surface area contributed by atoms with E-state index < -0.39 is 0 Å². The lowest BCUT2D eigenvalue weighted by molar-refractivity contribution is 0.0498. The maximum Gasteiger partial charge on any atom is 0.338 e. The number of carbonyl (C=O) groups is 2. The molecule has 0 aliphatic rings. The van der Waals surface area contributed by atoms with Gasteiger partial charge >= 0.3 is 5.97 Å². The summed E-state index contributed by atoms with van der Waals surface area (Å²) in [6.07, 6.45) is 4.29. The second kappa shape index (κ2) is 9.62. The third-order valence-electron chi connectivity index (χ3n) is 3.89. The summed E-state index contributed by atoms with van der Waals surface area (Å²) in [5.41, 5.74) is 2.77. The van der Waals surface area contributed by atoms with E-state index in [0.717, 1.165) is 31.2 Å². The number of unbranched alkanes of at least 4 members (excludes halogenated alkanes) is 3. The number of hydrogen-bond donors (Lipinski definition) is 1. The van der Waals surface area contributed by atoms with Gasteiger partial charge in [0.25, 0.3) is 5.91 Å². The Hall–Kier alpha value is -2.62. The highest BCUT2D eigenvalue weighted by molar-refractivity contribution is 6.04. The Labute approximate surface area is 149 Å². The third kappa shape index (κ3) is 6.07. The zero-order valence-electron chi connectivity index (χ0n) is 14.9. The maximum absolute atomic E-state index is 12.2. The number of rotatable bonds is 8. The highest BCUT2D eigenvalue weighted by Gasteiger charge is 2.09. The van der Waals surface area contributed by atoms with Gasteiger partial charge in [0.2, 0.25) is 0 Å². The lowest BCUT2D eigenvalue weighted by Crippen LogP contribution is -2.12. The molecule has 0 saturated carbocycles. The fourth-order valence-electron chi connectivity index (χ4n) is 2.46. The summed E-state index contributed by atoms with van der Waals surface area (Å²) in [5, 5.41) is 2.83. The van der Waals surface area contributed by atoms with Crippen molar-refractivity contribution in [2.24, 2.45) is 0 Å². The first-order valence-corrected chi connectivity index (χ1v) is 8.75. The quantitative estimate of drug-likeness (QED) is 0.545. The van der Waals surface area contributed by atoms with Gasteiger partial charge in [0.15, 0.2) is 0 Å². The molecule has 0 heterocycles. The van der Waals surface area contributed by atoms with Crippen molar-refractivity contribution in [3.8, 4) is 0 Å². The minimum atomic E-state index is -0.326. The molecule has 1 amide bonds. The van der Waals surface area contributed by atoms with Crippen LogP contribution >= 0.6 is 0 Å². The average molecular weight is 339 g/mol. The lowest BCUT2D eigenvalue weighted by Gasteiger charge is -2.08. The molecule has 4 heteroatoms. The van der Waals surface area contributed by atoms with Crippen molar-refractivity contribution in [2.45, 2.75) is 39.5 Å². The van der Waals surface area contributed by atoms with E-state index in [1.54, 1.807) is 30.3 Å². The first-order chi connectivity index (χ1) is 12.1. The van der Waals surface area contributed by atoms with Crippen molar-refractivity contribution < 1.29 is 14.3 Å². The van der Waals surface area contributed by atoms with Crippen molar-refractivity contribution in [1.29, 1.82) is 0 Å². The van der Waals surface area contributed by atoms with Gasteiger partial charge in [-0.1, -0.05) is 43.9 Å². The van der Waals surface area contributed by atoms with Crippen LogP contribution in [-0.4, -0.2) is 18.5 Å². The molecule has 0 unspecified atom stereocenters. The van der Waals surface area contributed by atoms with E-state index in [0.29, 0.717) is 23.4 Å². The highest BCUT2D eigenvalue weighted by atomic mass is 16.5. The van der Waals surface area contributed by atoms with Crippen LogP contribution in [0.1, 0.15) is 58.9 Å². The molecule has 25 heavy (non-hydrogen) atoms. The monoisotopic (exact) mass is 339 g/mol. The summed E-state index contributed by atoms with van der Waals surface area (Å²) >= 11 is 0. The Morgan fingerprint density at radius 1 is 0.960 bits per heavy atom.